The van der Waals surface area contributed by atoms with E-state index in [1.165, 1.54) is 18.2 Å². The molecule has 0 atom stereocenters. The van der Waals surface area contributed by atoms with Crippen LogP contribution in [0.2, 0.25) is 0 Å². The van der Waals surface area contributed by atoms with E-state index in [0.29, 0.717) is 18.7 Å². The molecule has 0 saturated heterocycles. The summed E-state index contributed by atoms with van der Waals surface area (Å²) in [5.74, 6) is -0.753. The van der Waals surface area contributed by atoms with Gasteiger partial charge in [0.25, 0.3) is 0 Å². The average molecular weight is 283 g/mol. The highest BCUT2D eigenvalue weighted by Gasteiger charge is 2.09. The molecular weight excluding hydrogens is 261 g/mol. The van der Waals surface area contributed by atoms with Crippen molar-refractivity contribution >= 4 is 17.3 Å². The van der Waals surface area contributed by atoms with E-state index in [0.717, 1.165) is 13.1 Å². The highest BCUT2D eigenvalue weighted by molar-refractivity contribution is 5.91. The van der Waals surface area contributed by atoms with Crippen LogP contribution in [-0.2, 0) is 4.79 Å². The van der Waals surface area contributed by atoms with Crippen LogP contribution in [0.3, 0.4) is 0 Å². The number of rotatable bonds is 8. The van der Waals surface area contributed by atoms with Crippen molar-refractivity contribution in [1.29, 1.82) is 0 Å². The molecule has 0 radical (unpaired) electrons. The minimum Gasteiger partial charge on any atom is -0.399 e. The first-order valence-electron chi connectivity index (χ1n) is 6.75. The molecule has 0 aliphatic heterocycles. The summed E-state index contributed by atoms with van der Waals surface area (Å²) in [4.78, 5) is 13.8. The standard InChI is InChI=1S/C14H22FN3O2/c1-2-18(7-3-9-19)8-6-14(20)17-13-10-11(16)4-5-12(13)15/h4-5,10,19H,2-3,6-9,16H2,1H3,(H,17,20). The lowest BCUT2D eigenvalue weighted by atomic mass is 10.2. The highest BCUT2D eigenvalue weighted by atomic mass is 19.1. The minimum absolute atomic E-state index is 0.105. The molecule has 1 amide bonds. The van der Waals surface area contributed by atoms with Gasteiger partial charge in [0, 0.05) is 31.8 Å². The molecule has 5 nitrogen and oxygen atoms in total. The van der Waals surface area contributed by atoms with Crippen molar-refractivity contribution in [3.05, 3.63) is 24.0 Å². The molecule has 0 heterocycles. The molecule has 0 saturated carbocycles. The largest absolute Gasteiger partial charge is 0.399 e. The molecule has 0 fully saturated rings. The van der Waals surface area contributed by atoms with Gasteiger partial charge in [-0.15, -0.1) is 0 Å². The van der Waals surface area contributed by atoms with Crippen molar-refractivity contribution in [3.8, 4) is 0 Å². The number of amides is 1. The second kappa shape index (κ2) is 8.50. The van der Waals surface area contributed by atoms with Crippen LogP contribution in [0, 0.1) is 5.82 Å². The van der Waals surface area contributed by atoms with Crippen molar-refractivity contribution in [3.63, 3.8) is 0 Å². The van der Waals surface area contributed by atoms with E-state index in [-0.39, 0.29) is 24.6 Å². The van der Waals surface area contributed by atoms with Gasteiger partial charge in [-0.3, -0.25) is 4.79 Å². The van der Waals surface area contributed by atoms with Gasteiger partial charge in [-0.2, -0.15) is 0 Å². The summed E-state index contributed by atoms with van der Waals surface area (Å²) >= 11 is 0. The van der Waals surface area contributed by atoms with Gasteiger partial charge < -0.3 is 21.1 Å². The van der Waals surface area contributed by atoms with Crippen LogP contribution >= 0.6 is 0 Å². The zero-order valence-corrected chi connectivity index (χ0v) is 11.7. The Morgan fingerprint density at radius 1 is 1.45 bits per heavy atom. The first kappa shape index (κ1) is 16.4. The summed E-state index contributed by atoms with van der Waals surface area (Å²) in [6.45, 7) is 4.25. The van der Waals surface area contributed by atoms with Crippen LogP contribution in [0.4, 0.5) is 15.8 Å². The molecule has 0 aliphatic rings. The second-order valence-electron chi connectivity index (χ2n) is 4.55. The van der Waals surface area contributed by atoms with Crippen molar-refractivity contribution in [2.75, 3.05) is 37.3 Å². The number of hydrogen-bond donors (Lipinski definition) is 3. The minimum atomic E-state index is -0.500. The third-order valence-electron chi connectivity index (χ3n) is 3.00. The summed E-state index contributed by atoms with van der Waals surface area (Å²) in [6, 6.07) is 4.07. The summed E-state index contributed by atoms with van der Waals surface area (Å²) in [7, 11) is 0. The van der Waals surface area contributed by atoms with E-state index in [9.17, 15) is 9.18 Å². The van der Waals surface area contributed by atoms with E-state index in [1.807, 2.05) is 6.92 Å². The van der Waals surface area contributed by atoms with Crippen molar-refractivity contribution in [2.24, 2.45) is 0 Å². The van der Waals surface area contributed by atoms with Crippen molar-refractivity contribution in [2.45, 2.75) is 19.8 Å². The first-order chi connectivity index (χ1) is 9.56. The average Bonchev–Trinajstić information content (AvgIpc) is 2.43. The molecule has 4 N–H and O–H groups in total. The molecule has 1 aromatic rings. The number of nitrogens with zero attached hydrogens (tertiary/aromatic N) is 1. The normalized spacial score (nSPS) is 10.8. The Morgan fingerprint density at radius 2 is 2.20 bits per heavy atom. The first-order valence-corrected chi connectivity index (χ1v) is 6.75. The Kier molecular flexibility index (Phi) is 6.97. The summed E-state index contributed by atoms with van der Waals surface area (Å²) in [6.07, 6.45) is 0.951. The number of anilines is 2. The van der Waals surface area contributed by atoms with Crippen molar-refractivity contribution < 1.29 is 14.3 Å². The molecule has 0 aromatic heterocycles. The van der Waals surface area contributed by atoms with Crippen LogP contribution in [0.15, 0.2) is 18.2 Å². The van der Waals surface area contributed by atoms with Gasteiger partial charge in [0.05, 0.1) is 5.69 Å². The summed E-state index contributed by atoms with van der Waals surface area (Å²) in [5, 5.41) is 11.3. The zero-order valence-electron chi connectivity index (χ0n) is 11.7. The van der Waals surface area contributed by atoms with E-state index in [4.69, 9.17) is 10.8 Å². The molecule has 0 spiro atoms. The topological polar surface area (TPSA) is 78.6 Å². The third-order valence-corrected chi connectivity index (χ3v) is 3.00. The fraction of sp³-hybridized carbons (Fsp3) is 0.500. The molecule has 1 aromatic carbocycles. The van der Waals surface area contributed by atoms with Crippen LogP contribution in [0.5, 0.6) is 0 Å². The van der Waals surface area contributed by atoms with E-state index >= 15 is 0 Å². The SMILES string of the molecule is CCN(CCCO)CCC(=O)Nc1cc(N)ccc1F. The predicted octanol–water partition coefficient (Wildman–Crippen LogP) is 1.44. The third kappa shape index (κ3) is 5.54. The fourth-order valence-corrected chi connectivity index (χ4v) is 1.83. The van der Waals surface area contributed by atoms with Gasteiger partial charge >= 0.3 is 0 Å². The lowest BCUT2D eigenvalue weighted by Gasteiger charge is -2.19. The number of benzene rings is 1. The quantitative estimate of drug-likeness (QED) is 0.631. The number of aliphatic hydroxyl groups excluding tert-OH is 1. The Labute approximate surface area is 118 Å². The molecule has 112 valence electrons. The Bertz CT molecular complexity index is 440. The van der Waals surface area contributed by atoms with E-state index in [1.54, 1.807) is 0 Å². The van der Waals surface area contributed by atoms with Gasteiger partial charge in [-0.25, -0.2) is 4.39 Å². The van der Waals surface area contributed by atoms with Crippen LogP contribution in [-0.4, -0.2) is 42.2 Å². The van der Waals surface area contributed by atoms with Gasteiger partial charge in [0.1, 0.15) is 5.82 Å². The maximum atomic E-state index is 13.5. The van der Waals surface area contributed by atoms with E-state index < -0.39 is 5.82 Å². The maximum absolute atomic E-state index is 13.5. The smallest absolute Gasteiger partial charge is 0.225 e. The van der Waals surface area contributed by atoms with Crippen LogP contribution < -0.4 is 11.1 Å². The summed E-state index contributed by atoms with van der Waals surface area (Å²) < 4.78 is 13.5. The molecule has 0 bridgehead atoms. The van der Waals surface area contributed by atoms with Gasteiger partial charge in [-0.1, -0.05) is 6.92 Å². The zero-order chi connectivity index (χ0) is 15.0. The lowest BCUT2D eigenvalue weighted by molar-refractivity contribution is -0.116. The molecule has 0 aliphatic carbocycles. The Morgan fingerprint density at radius 3 is 2.85 bits per heavy atom. The monoisotopic (exact) mass is 283 g/mol. The molecular formula is C14H22FN3O2. The fourth-order valence-electron chi connectivity index (χ4n) is 1.83. The number of nitrogens with one attached hydrogen (secondary N) is 1. The number of carbonyl (C=O) groups excluding carboxylic acids is 1. The Hall–Kier alpha value is -1.66. The summed E-state index contributed by atoms with van der Waals surface area (Å²) in [5.41, 5.74) is 6.06. The predicted molar refractivity (Wildman–Crippen MR) is 77.9 cm³/mol. The maximum Gasteiger partial charge on any atom is 0.225 e. The van der Waals surface area contributed by atoms with Crippen molar-refractivity contribution in [1.82, 2.24) is 4.90 Å². The number of halogens is 1. The lowest BCUT2D eigenvalue weighted by Crippen LogP contribution is -2.29. The highest BCUT2D eigenvalue weighted by Crippen LogP contribution is 2.17. The van der Waals surface area contributed by atoms with Gasteiger partial charge in [-0.05, 0) is 31.2 Å². The number of hydrogen-bond acceptors (Lipinski definition) is 4. The van der Waals surface area contributed by atoms with Gasteiger partial charge in [0.15, 0.2) is 0 Å². The number of aliphatic hydroxyl groups is 1. The van der Waals surface area contributed by atoms with Crippen LogP contribution in [0.25, 0.3) is 0 Å². The van der Waals surface area contributed by atoms with Crippen LogP contribution in [0.1, 0.15) is 19.8 Å². The number of nitrogen functional groups attached to an aromatic ring is 1. The molecule has 1 rings (SSSR count). The van der Waals surface area contributed by atoms with Gasteiger partial charge in [0.2, 0.25) is 5.91 Å². The number of carbonyl (C=O) groups is 1. The molecule has 0 unspecified atom stereocenters. The second-order valence-corrected chi connectivity index (χ2v) is 4.55. The molecule has 6 heteroatoms. The number of nitrogens with two attached hydrogens (primary N) is 1. The van der Waals surface area contributed by atoms with E-state index in [2.05, 4.69) is 10.2 Å². The Balaban J connectivity index is 2.45. The molecule has 20 heavy (non-hydrogen) atoms.